The van der Waals surface area contributed by atoms with E-state index in [9.17, 15) is 5.11 Å². The Morgan fingerprint density at radius 3 is 2.52 bits per heavy atom. The second-order valence-corrected chi connectivity index (χ2v) is 8.36. The van der Waals surface area contributed by atoms with Crippen molar-refractivity contribution in [1.29, 1.82) is 0 Å². The van der Waals surface area contributed by atoms with Gasteiger partial charge in [-0.05, 0) is 50.4 Å². The van der Waals surface area contributed by atoms with E-state index in [1.807, 2.05) is 0 Å². The van der Waals surface area contributed by atoms with E-state index in [1.165, 1.54) is 32.1 Å². The summed E-state index contributed by atoms with van der Waals surface area (Å²) in [5, 5.41) is 10.1. The minimum atomic E-state index is -0.346. The third-order valence-electron chi connectivity index (χ3n) is 6.72. The molecule has 0 aromatic carbocycles. The van der Waals surface area contributed by atoms with Crippen LogP contribution in [0.2, 0.25) is 0 Å². The number of aliphatic hydroxyl groups excluding tert-OH is 1. The summed E-state index contributed by atoms with van der Waals surface area (Å²) in [7, 11) is 0. The number of hydrogen-bond donors (Lipinski definition) is 1. The van der Waals surface area contributed by atoms with Crippen molar-refractivity contribution in [1.82, 2.24) is 0 Å². The van der Waals surface area contributed by atoms with Gasteiger partial charge in [-0.15, -0.1) is 0 Å². The van der Waals surface area contributed by atoms with Crippen LogP contribution in [0.4, 0.5) is 0 Å². The molecule has 5 rings (SSSR count). The lowest BCUT2D eigenvalue weighted by molar-refractivity contribution is -0.245. The zero-order chi connectivity index (χ0) is 14.5. The van der Waals surface area contributed by atoms with Gasteiger partial charge in [-0.25, -0.2) is 0 Å². The van der Waals surface area contributed by atoms with E-state index in [2.05, 4.69) is 6.92 Å². The average molecular weight is 294 g/mol. The molecule has 2 bridgehead atoms. The van der Waals surface area contributed by atoms with Gasteiger partial charge < -0.3 is 14.6 Å². The first-order chi connectivity index (χ1) is 10.1. The van der Waals surface area contributed by atoms with E-state index in [4.69, 9.17) is 9.47 Å². The molecule has 0 radical (unpaired) electrons. The van der Waals surface area contributed by atoms with Gasteiger partial charge in [-0.2, -0.15) is 0 Å². The molecule has 1 N–H and O–H groups in total. The van der Waals surface area contributed by atoms with Crippen molar-refractivity contribution < 1.29 is 14.6 Å². The van der Waals surface area contributed by atoms with Crippen molar-refractivity contribution in [3.63, 3.8) is 0 Å². The molecule has 0 amide bonds. The highest BCUT2D eigenvalue weighted by Gasteiger charge is 2.56. The Hall–Kier alpha value is -0.120. The van der Waals surface area contributed by atoms with Crippen LogP contribution in [-0.2, 0) is 9.47 Å². The minimum Gasteiger partial charge on any atom is -0.393 e. The van der Waals surface area contributed by atoms with Gasteiger partial charge in [0.2, 0.25) is 0 Å². The molecule has 4 saturated carbocycles. The largest absolute Gasteiger partial charge is 0.393 e. The summed E-state index contributed by atoms with van der Waals surface area (Å²) in [5.41, 5.74) is -0.190. The smallest absolute Gasteiger partial charge is 0.172 e. The molecule has 3 heteroatoms. The second-order valence-electron chi connectivity index (χ2n) is 8.36. The van der Waals surface area contributed by atoms with Gasteiger partial charge in [-0.1, -0.05) is 19.8 Å². The molecule has 120 valence electrons. The Kier molecular flexibility index (Phi) is 3.59. The molecule has 5 aliphatic rings. The second kappa shape index (κ2) is 5.21. The third-order valence-corrected chi connectivity index (χ3v) is 6.72. The molecule has 4 atom stereocenters. The fraction of sp³-hybridized carbons (Fsp3) is 1.00. The zero-order valence-electron chi connectivity index (χ0n) is 13.4. The van der Waals surface area contributed by atoms with Crippen molar-refractivity contribution in [2.24, 2.45) is 17.8 Å². The first kappa shape index (κ1) is 14.5. The van der Waals surface area contributed by atoms with Crippen LogP contribution in [0, 0.1) is 17.8 Å². The lowest BCUT2D eigenvalue weighted by Crippen LogP contribution is -2.47. The molecular formula is C18H30O3. The van der Waals surface area contributed by atoms with Crippen molar-refractivity contribution in [2.45, 2.75) is 88.6 Å². The average Bonchev–Trinajstić information content (AvgIpc) is 2.79. The molecule has 1 aliphatic heterocycles. The van der Waals surface area contributed by atoms with Gasteiger partial charge in [0.15, 0.2) is 5.79 Å². The molecule has 2 spiro atoms. The summed E-state index contributed by atoms with van der Waals surface area (Å²) in [5.74, 6) is 1.81. The first-order valence-electron chi connectivity index (χ1n) is 9.11. The lowest BCUT2D eigenvalue weighted by Gasteiger charge is -2.45. The molecule has 21 heavy (non-hydrogen) atoms. The Labute approximate surface area is 128 Å². The maximum Gasteiger partial charge on any atom is 0.172 e. The quantitative estimate of drug-likeness (QED) is 0.741. The van der Waals surface area contributed by atoms with E-state index in [1.54, 1.807) is 0 Å². The fourth-order valence-electron chi connectivity index (χ4n) is 5.49. The highest BCUT2D eigenvalue weighted by Crippen LogP contribution is 2.52. The highest BCUT2D eigenvalue weighted by atomic mass is 16.8. The van der Waals surface area contributed by atoms with Crippen LogP contribution in [0.5, 0.6) is 0 Å². The van der Waals surface area contributed by atoms with Gasteiger partial charge >= 0.3 is 0 Å². The van der Waals surface area contributed by atoms with Crippen molar-refractivity contribution in [3.05, 3.63) is 0 Å². The maximum absolute atomic E-state index is 10.1. The third kappa shape index (κ3) is 2.55. The number of fused-ring (bicyclic) bond motifs is 3. The van der Waals surface area contributed by atoms with Gasteiger partial charge in [0.1, 0.15) is 0 Å². The van der Waals surface area contributed by atoms with Crippen LogP contribution in [0.25, 0.3) is 0 Å². The zero-order valence-corrected chi connectivity index (χ0v) is 13.4. The van der Waals surface area contributed by atoms with Crippen LogP contribution >= 0.6 is 0 Å². The van der Waals surface area contributed by atoms with E-state index >= 15 is 0 Å². The monoisotopic (exact) mass is 294 g/mol. The van der Waals surface area contributed by atoms with E-state index in [0.717, 1.165) is 43.9 Å². The summed E-state index contributed by atoms with van der Waals surface area (Å²) < 4.78 is 13.1. The minimum absolute atomic E-state index is 0.190. The van der Waals surface area contributed by atoms with Crippen LogP contribution < -0.4 is 0 Å². The van der Waals surface area contributed by atoms with E-state index in [-0.39, 0.29) is 17.5 Å². The van der Waals surface area contributed by atoms with Crippen LogP contribution in [0.15, 0.2) is 0 Å². The summed E-state index contributed by atoms with van der Waals surface area (Å²) >= 11 is 0. The Balaban J connectivity index is 1.56. The Morgan fingerprint density at radius 2 is 1.76 bits per heavy atom. The highest BCUT2D eigenvalue weighted by molar-refractivity contribution is 4.99. The standard InChI is InChI=1S/C18H30O3/c1-13-9-14-4-6-15(7-5-14)10-18(13)20-12-17(21-18)8-2-3-16(19)11-17/h13-16,19H,2-12H2,1H3. The molecular weight excluding hydrogens is 264 g/mol. The molecule has 5 fully saturated rings. The Bertz CT molecular complexity index is 390. The number of hydrogen-bond acceptors (Lipinski definition) is 3. The Morgan fingerprint density at radius 1 is 1.00 bits per heavy atom. The summed E-state index contributed by atoms with van der Waals surface area (Å²) in [6, 6.07) is 0. The molecule has 3 nitrogen and oxygen atoms in total. The topological polar surface area (TPSA) is 38.7 Å². The predicted octanol–water partition coefficient (Wildman–Crippen LogP) is 3.64. The molecule has 4 unspecified atom stereocenters. The normalized spacial score (nSPS) is 54.0. The van der Waals surface area contributed by atoms with Gasteiger partial charge in [0.25, 0.3) is 0 Å². The number of ether oxygens (including phenoxy) is 2. The van der Waals surface area contributed by atoms with E-state index < -0.39 is 0 Å². The van der Waals surface area contributed by atoms with Gasteiger partial charge in [-0.3, -0.25) is 0 Å². The predicted molar refractivity (Wildman–Crippen MR) is 80.8 cm³/mol. The summed E-state index contributed by atoms with van der Waals surface area (Å²) in [6.07, 6.45) is 11.5. The SMILES string of the molecule is CC1CC2CCC(CC2)CC12OCC1(CCCC(O)C1)O2. The fourth-order valence-corrected chi connectivity index (χ4v) is 5.49. The molecule has 4 aliphatic carbocycles. The summed E-state index contributed by atoms with van der Waals surface area (Å²) in [4.78, 5) is 0. The first-order valence-corrected chi connectivity index (χ1v) is 9.11. The molecule has 1 saturated heterocycles. The number of aliphatic hydroxyl groups is 1. The lowest BCUT2D eigenvalue weighted by atomic mass is 9.69. The maximum atomic E-state index is 10.1. The van der Waals surface area contributed by atoms with Crippen LogP contribution in [0.3, 0.4) is 0 Å². The van der Waals surface area contributed by atoms with Crippen molar-refractivity contribution in [3.8, 4) is 0 Å². The molecule has 0 aromatic rings. The molecule has 1 heterocycles. The summed E-state index contributed by atoms with van der Waals surface area (Å²) in [6.45, 7) is 3.03. The van der Waals surface area contributed by atoms with Crippen molar-refractivity contribution >= 4 is 0 Å². The van der Waals surface area contributed by atoms with E-state index in [0.29, 0.717) is 12.5 Å². The van der Waals surface area contributed by atoms with Crippen molar-refractivity contribution in [2.75, 3.05) is 6.61 Å². The number of rotatable bonds is 0. The van der Waals surface area contributed by atoms with Crippen LogP contribution in [0.1, 0.15) is 71.1 Å². The van der Waals surface area contributed by atoms with Gasteiger partial charge in [0.05, 0.1) is 18.3 Å². The molecule has 0 aromatic heterocycles. The van der Waals surface area contributed by atoms with Crippen LogP contribution in [-0.4, -0.2) is 29.2 Å². The van der Waals surface area contributed by atoms with Gasteiger partial charge in [0, 0.05) is 18.8 Å².